The van der Waals surface area contributed by atoms with E-state index in [-0.39, 0.29) is 17.4 Å². The van der Waals surface area contributed by atoms with Crippen LogP contribution in [-0.4, -0.2) is 27.5 Å². The van der Waals surface area contributed by atoms with Crippen molar-refractivity contribution >= 4 is 34.0 Å². The summed E-state index contributed by atoms with van der Waals surface area (Å²) in [5, 5.41) is 12.4. The van der Waals surface area contributed by atoms with Crippen LogP contribution in [0.25, 0.3) is 16.7 Å². The molecular weight excluding hydrogens is 464 g/mol. The van der Waals surface area contributed by atoms with Crippen molar-refractivity contribution in [1.82, 2.24) is 4.57 Å². The zero-order valence-electron chi connectivity index (χ0n) is 21.4. The van der Waals surface area contributed by atoms with Crippen molar-refractivity contribution in [2.75, 3.05) is 4.90 Å². The highest BCUT2D eigenvalue weighted by Gasteiger charge is 2.47. The van der Waals surface area contributed by atoms with Crippen molar-refractivity contribution in [2.24, 2.45) is 7.05 Å². The molecule has 0 radical (unpaired) electrons. The Morgan fingerprint density at radius 3 is 2.30 bits per heavy atom. The van der Waals surface area contributed by atoms with E-state index >= 15 is 0 Å². The normalized spacial score (nSPS) is 17.2. The predicted octanol–water partition coefficient (Wildman–Crippen LogP) is 6.15. The molecule has 1 saturated heterocycles. The number of carbonyl (C=O) groups excluding carboxylic acids is 2. The van der Waals surface area contributed by atoms with Gasteiger partial charge in [-0.1, -0.05) is 37.3 Å². The fraction of sp³-hybridized carbons (Fsp3) is 0.226. The third kappa shape index (κ3) is 4.29. The van der Waals surface area contributed by atoms with Gasteiger partial charge in [0.25, 0.3) is 11.7 Å². The number of hydrogen-bond donors (Lipinski definition) is 1. The van der Waals surface area contributed by atoms with Gasteiger partial charge >= 0.3 is 0 Å². The van der Waals surface area contributed by atoms with Gasteiger partial charge in [-0.25, -0.2) is 0 Å². The number of benzene rings is 3. The van der Waals surface area contributed by atoms with Gasteiger partial charge in [0.1, 0.15) is 11.5 Å². The minimum atomic E-state index is -0.787. The lowest BCUT2D eigenvalue weighted by Gasteiger charge is -2.25. The lowest BCUT2D eigenvalue weighted by molar-refractivity contribution is -0.132. The largest absolute Gasteiger partial charge is 0.507 e. The monoisotopic (exact) mass is 494 g/mol. The van der Waals surface area contributed by atoms with E-state index in [0.717, 1.165) is 28.5 Å². The van der Waals surface area contributed by atoms with Crippen molar-refractivity contribution < 1.29 is 19.4 Å². The second kappa shape index (κ2) is 9.62. The maximum absolute atomic E-state index is 13.5. The van der Waals surface area contributed by atoms with Gasteiger partial charge in [-0.2, -0.15) is 0 Å². The Morgan fingerprint density at radius 2 is 1.65 bits per heavy atom. The number of ketones is 1. The summed E-state index contributed by atoms with van der Waals surface area (Å²) in [6.07, 6.45) is 2.80. The Balaban J connectivity index is 1.71. The Labute approximate surface area is 216 Å². The molecule has 0 bridgehead atoms. The maximum Gasteiger partial charge on any atom is 0.300 e. The van der Waals surface area contributed by atoms with E-state index < -0.39 is 17.7 Å². The van der Waals surface area contributed by atoms with Crippen molar-refractivity contribution in [1.29, 1.82) is 0 Å². The van der Waals surface area contributed by atoms with Crippen LogP contribution in [0.2, 0.25) is 0 Å². The molecule has 6 nitrogen and oxygen atoms in total. The molecule has 1 aliphatic heterocycles. The van der Waals surface area contributed by atoms with Crippen molar-refractivity contribution in [3.05, 3.63) is 101 Å². The van der Waals surface area contributed by atoms with Crippen molar-refractivity contribution in [3.63, 3.8) is 0 Å². The number of para-hydroxylation sites is 1. The number of fused-ring (bicyclic) bond motifs is 1. The van der Waals surface area contributed by atoms with Gasteiger partial charge in [0.15, 0.2) is 0 Å². The summed E-state index contributed by atoms with van der Waals surface area (Å²) in [4.78, 5) is 28.5. The summed E-state index contributed by atoms with van der Waals surface area (Å²) in [6, 6.07) is 21.6. The molecule has 1 aromatic heterocycles. The van der Waals surface area contributed by atoms with E-state index in [1.54, 1.807) is 24.3 Å². The lowest BCUT2D eigenvalue weighted by atomic mass is 9.94. The molecule has 1 fully saturated rings. The standard InChI is InChI=1S/C31H30N2O4/c1-5-20-10-14-22(15-11-20)33-28(25-18-32(4)26-9-7-6-8-24(25)26)27(30(35)31(33)36)29(34)21-12-16-23(17-13-21)37-19(2)3/h6-19,28,34H,5H2,1-4H3/b29-27+. The topological polar surface area (TPSA) is 71.8 Å². The number of aryl methyl sites for hydroxylation is 2. The van der Waals surface area contributed by atoms with Crippen LogP contribution in [-0.2, 0) is 23.1 Å². The molecule has 188 valence electrons. The van der Waals surface area contributed by atoms with E-state index in [9.17, 15) is 14.7 Å². The Morgan fingerprint density at radius 1 is 0.973 bits per heavy atom. The zero-order valence-corrected chi connectivity index (χ0v) is 21.4. The minimum Gasteiger partial charge on any atom is -0.507 e. The molecule has 0 aliphatic carbocycles. The first kappa shape index (κ1) is 24.4. The SMILES string of the molecule is CCc1ccc(N2C(=O)C(=O)/C(=C(/O)c3ccc(OC(C)C)cc3)C2c2cn(C)c3ccccc23)cc1. The van der Waals surface area contributed by atoms with Crippen molar-refractivity contribution in [3.8, 4) is 5.75 Å². The molecule has 2 heterocycles. The van der Waals surface area contributed by atoms with Crippen LogP contribution >= 0.6 is 0 Å². The van der Waals surface area contributed by atoms with Crippen LogP contribution in [0, 0.1) is 0 Å². The highest BCUT2D eigenvalue weighted by atomic mass is 16.5. The Bertz CT molecular complexity index is 1510. The zero-order chi connectivity index (χ0) is 26.3. The average Bonchev–Trinajstić information content (AvgIpc) is 3.37. The quantitative estimate of drug-likeness (QED) is 0.198. The second-order valence-electron chi connectivity index (χ2n) is 9.59. The van der Waals surface area contributed by atoms with E-state index in [2.05, 4.69) is 6.92 Å². The summed E-state index contributed by atoms with van der Waals surface area (Å²) < 4.78 is 7.69. The van der Waals surface area contributed by atoms with Crippen LogP contribution in [0.3, 0.4) is 0 Å². The first-order valence-electron chi connectivity index (χ1n) is 12.5. The molecule has 1 aliphatic rings. The average molecular weight is 495 g/mol. The van der Waals surface area contributed by atoms with Gasteiger partial charge in [-0.15, -0.1) is 0 Å². The highest BCUT2D eigenvalue weighted by molar-refractivity contribution is 6.51. The number of carbonyl (C=O) groups is 2. The Hall–Kier alpha value is -4.32. The van der Waals surface area contributed by atoms with Gasteiger partial charge in [-0.05, 0) is 68.3 Å². The smallest absolute Gasteiger partial charge is 0.300 e. The third-order valence-electron chi connectivity index (χ3n) is 6.79. The minimum absolute atomic E-state index is 0.00947. The molecule has 0 spiro atoms. The summed E-state index contributed by atoms with van der Waals surface area (Å²) in [6.45, 7) is 5.94. The number of rotatable bonds is 6. The molecule has 1 unspecified atom stereocenters. The lowest BCUT2D eigenvalue weighted by Crippen LogP contribution is -2.29. The van der Waals surface area contributed by atoms with Gasteiger partial charge in [0.05, 0.1) is 17.7 Å². The molecule has 6 heteroatoms. The molecule has 3 aromatic carbocycles. The first-order chi connectivity index (χ1) is 17.8. The summed E-state index contributed by atoms with van der Waals surface area (Å²) in [5.41, 5.74) is 4.00. The number of ether oxygens (including phenoxy) is 1. The second-order valence-corrected chi connectivity index (χ2v) is 9.59. The number of amides is 1. The number of Topliss-reactive ketones (excluding diaryl/α,β-unsaturated/α-hetero) is 1. The number of anilines is 1. The molecule has 4 aromatic rings. The van der Waals surface area contributed by atoms with Crippen LogP contribution in [0.1, 0.15) is 43.5 Å². The van der Waals surface area contributed by atoms with E-state index in [0.29, 0.717) is 17.0 Å². The maximum atomic E-state index is 13.5. The fourth-order valence-electron chi connectivity index (χ4n) is 5.00. The van der Waals surface area contributed by atoms with Crippen LogP contribution in [0.4, 0.5) is 5.69 Å². The van der Waals surface area contributed by atoms with Crippen LogP contribution < -0.4 is 9.64 Å². The van der Waals surface area contributed by atoms with E-state index in [4.69, 9.17) is 4.74 Å². The molecule has 5 rings (SSSR count). The molecule has 37 heavy (non-hydrogen) atoms. The molecule has 1 N–H and O–H groups in total. The number of aliphatic hydroxyl groups excluding tert-OH is 1. The summed E-state index contributed by atoms with van der Waals surface area (Å²) in [7, 11) is 1.93. The van der Waals surface area contributed by atoms with Crippen LogP contribution in [0.15, 0.2) is 84.6 Å². The van der Waals surface area contributed by atoms with Gasteiger partial charge < -0.3 is 14.4 Å². The van der Waals surface area contributed by atoms with E-state index in [1.807, 2.05) is 80.2 Å². The Kier molecular flexibility index (Phi) is 6.34. The van der Waals surface area contributed by atoms with Gasteiger partial charge in [0, 0.05) is 41.0 Å². The number of nitrogens with zero attached hydrogens (tertiary/aromatic N) is 2. The summed E-state index contributed by atoms with van der Waals surface area (Å²) >= 11 is 0. The number of aliphatic hydroxyl groups is 1. The molecular formula is C31H30N2O4. The number of hydrogen-bond acceptors (Lipinski definition) is 4. The van der Waals surface area contributed by atoms with Crippen molar-refractivity contribution in [2.45, 2.75) is 39.3 Å². The number of aromatic nitrogens is 1. The van der Waals surface area contributed by atoms with Crippen LogP contribution in [0.5, 0.6) is 5.75 Å². The third-order valence-corrected chi connectivity index (χ3v) is 6.79. The molecule has 1 atom stereocenters. The van der Waals surface area contributed by atoms with Gasteiger partial charge in [-0.3, -0.25) is 14.5 Å². The van der Waals surface area contributed by atoms with Gasteiger partial charge in [0.2, 0.25) is 0 Å². The molecule has 1 amide bonds. The first-order valence-corrected chi connectivity index (χ1v) is 12.5. The highest BCUT2D eigenvalue weighted by Crippen LogP contribution is 2.44. The molecule has 0 saturated carbocycles. The fourth-order valence-corrected chi connectivity index (χ4v) is 5.00. The summed E-state index contributed by atoms with van der Waals surface area (Å²) in [5.74, 6) is -0.922. The van der Waals surface area contributed by atoms with E-state index in [1.165, 1.54) is 4.90 Å². The predicted molar refractivity (Wildman–Crippen MR) is 146 cm³/mol.